The van der Waals surface area contributed by atoms with E-state index in [-0.39, 0.29) is 49.3 Å². The minimum Gasteiger partial charge on any atom is -0.489 e. The number of rotatable bonds is 14. The second kappa shape index (κ2) is 14.7. The van der Waals surface area contributed by atoms with Gasteiger partial charge >= 0.3 is 0 Å². The zero-order valence-electron chi connectivity index (χ0n) is 23.1. The molecule has 0 aromatic heterocycles. The van der Waals surface area contributed by atoms with Crippen molar-refractivity contribution in [3.63, 3.8) is 0 Å². The summed E-state index contributed by atoms with van der Waals surface area (Å²) in [6.45, 7) is 2.12. The van der Waals surface area contributed by atoms with Crippen LogP contribution in [-0.4, -0.2) is 54.4 Å². The minimum atomic E-state index is -2.64. The Morgan fingerprint density at radius 1 is 0.950 bits per heavy atom. The molecule has 1 aliphatic heterocycles. The van der Waals surface area contributed by atoms with Gasteiger partial charge in [0, 0.05) is 57.3 Å². The smallest absolute Gasteiger partial charge is 0.248 e. The Kier molecular flexibility index (Phi) is 11.0. The number of ketones is 1. The van der Waals surface area contributed by atoms with Gasteiger partial charge in [0.1, 0.15) is 24.3 Å². The molecule has 1 saturated carbocycles. The van der Waals surface area contributed by atoms with Crippen molar-refractivity contribution in [3.05, 3.63) is 65.7 Å². The lowest BCUT2D eigenvalue weighted by Crippen LogP contribution is -2.44. The Hall–Kier alpha value is -2.87. The van der Waals surface area contributed by atoms with Crippen molar-refractivity contribution in [2.75, 3.05) is 19.6 Å². The maximum atomic E-state index is 13.8. The Balaban J connectivity index is 1.22. The fourth-order valence-electron chi connectivity index (χ4n) is 5.62. The number of carbonyl (C=O) groups is 2. The van der Waals surface area contributed by atoms with E-state index in [1.165, 1.54) is 0 Å². The van der Waals surface area contributed by atoms with Crippen LogP contribution in [0.5, 0.6) is 5.75 Å². The number of alkyl halides is 3. The van der Waals surface area contributed by atoms with Crippen LogP contribution in [0.4, 0.5) is 13.2 Å². The lowest BCUT2D eigenvalue weighted by Gasteiger charge is -2.27. The molecule has 0 radical (unpaired) electrons. The summed E-state index contributed by atoms with van der Waals surface area (Å²) < 4.78 is 46.4. The van der Waals surface area contributed by atoms with Gasteiger partial charge in [0.2, 0.25) is 11.8 Å². The molecule has 0 unspecified atom stereocenters. The van der Waals surface area contributed by atoms with Gasteiger partial charge in [-0.1, -0.05) is 42.5 Å². The van der Waals surface area contributed by atoms with Crippen molar-refractivity contribution in [2.45, 2.75) is 89.0 Å². The van der Waals surface area contributed by atoms with Gasteiger partial charge < -0.3 is 10.1 Å². The van der Waals surface area contributed by atoms with Crippen LogP contribution in [0, 0.1) is 5.92 Å². The molecule has 1 saturated heterocycles. The van der Waals surface area contributed by atoms with Gasteiger partial charge in [-0.05, 0) is 61.8 Å². The third-order valence-corrected chi connectivity index (χ3v) is 7.96. The third kappa shape index (κ3) is 9.95. The molecule has 0 spiro atoms. The van der Waals surface area contributed by atoms with E-state index >= 15 is 0 Å². The summed E-state index contributed by atoms with van der Waals surface area (Å²) in [4.78, 5) is 27.2. The summed E-state index contributed by atoms with van der Waals surface area (Å²) in [6, 6.07) is 17.6. The number of halogens is 3. The normalized spacial score (nSPS) is 20.2. The Labute approximate surface area is 235 Å². The second-order valence-electron chi connectivity index (χ2n) is 11.3. The quantitative estimate of drug-likeness (QED) is 0.277. The molecule has 2 aromatic carbocycles. The first-order chi connectivity index (χ1) is 19.3. The van der Waals surface area contributed by atoms with Crippen molar-refractivity contribution in [2.24, 2.45) is 5.92 Å². The molecular weight excluding hydrogens is 517 g/mol. The molecule has 1 heterocycles. The van der Waals surface area contributed by atoms with Crippen molar-refractivity contribution < 1.29 is 27.5 Å². The van der Waals surface area contributed by atoms with Crippen molar-refractivity contribution >= 4 is 11.7 Å². The number of hydrogen-bond donors (Lipinski definition) is 1. The highest BCUT2D eigenvalue weighted by Gasteiger charge is 2.37. The van der Waals surface area contributed by atoms with Gasteiger partial charge in [-0.3, -0.25) is 14.5 Å². The second-order valence-corrected chi connectivity index (χ2v) is 11.3. The predicted molar refractivity (Wildman–Crippen MR) is 149 cm³/mol. The standard InChI is InChI=1S/C32H41F3N2O3/c33-27-16-19-37(21-27)22-28(20-24-10-12-29(13-11-24)40-23-25-6-2-1-3-7-25)36-31(39)9-5-4-8-30(38)26-14-17-32(34,35)18-15-26/h1-3,6-7,10-13,26-28H,4-5,8-9,14-23H2,(H,36,39)/t27-,28+/m1/s1. The summed E-state index contributed by atoms with van der Waals surface area (Å²) in [6.07, 6.45) is 2.15. The van der Waals surface area contributed by atoms with Crippen molar-refractivity contribution in [3.8, 4) is 5.75 Å². The number of likely N-dealkylation sites (tertiary alicyclic amines) is 1. The number of nitrogens with zero attached hydrogens (tertiary/aromatic N) is 1. The molecule has 40 heavy (non-hydrogen) atoms. The third-order valence-electron chi connectivity index (χ3n) is 7.96. The molecule has 2 aromatic rings. The van der Waals surface area contributed by atoms with Crippen LogP contribution in [0.3, 0.4) is 0 Å². The zero-order chi connectivity index (χ0) is 28.4. The Morgan fingerprint density at radius 2 is 1.65 bits per heavy atom. The van der Waals surface area contributed by atoms with Gasteiger partial charge in [0.25, 0.3) is 0 Å². The van der Waals surface area contributed by atoms with Crippen molar-refractivity contribution in [1.82, 2.24) is 10.2 Å². The van der Waals surface area contributed by atoms with Crippen LogP contribution in [0.15, 0.2) is 54.6 Å². The Morgan fingerprint density at radius 3 is 2.33 bits per heavy atom. The SMILES string of the molecule is O=C(CCCCC(=O)C1CCC(F)(F)CC1)N[C@@H](Cc1ccc(OCc2ccccc2)cc1)CN1CC[C@@H](F)C1. The fourth-order valence-corrected chi connectivity index (χ4v) is 5.62. The number of unbranched alkanes of at least 4 members (excludes halogenated alkanes) is 1. The van der Waals surface area contributed by atoms with E-state index in [2.05, 4.69) is 10.2 Å². The van der Waals surface area contributed by atoms with Gasteiger partial charge in [-0.2, -0.15) is 0 Å². The van der Waals surface area contributed by atoms with E-state index in [1.807, 2.05) is 54.6 Å². The van der Waals surface area contributed by atoms with Gasteiger partial charge in [-0.25, -0.2) is 13.2 Å². The summed E-state index contributed by atoms with van der Waals surface area (Å²) in [5.74, 6) is -2.19. The molecule has 218 valence electrons. The first-order valence-electron chi connectivity index (χ1n) is 14.6. The summed E-state index contributed by atoms with van der Waals surface area (Å²) in [7, 11) is 0. The van der Waals surface area contributed by atoms with Crippen LogP contribution in [-0.2, 0) is 22.6 Å². The zero-order valence-corrected chi connectivity index (χ0v) is 23.1. The van der Waals surface area contributed by atoms with E-state index < -0.39 is 12.1 Å². The number of ether oxygens (including phenoxy) is 1. The average molecular weight is 559 g/mol. The van der Waals surface area contributed by atoms with Crippen LogP contribution >= 0.6 is 0 Å². The highest BCUT2D eigenvalue weighted by molar-refractivity contribution is 5.81. The lowest BCUT2D eigenvalue weighted by atomic mass is 9.83. The van der Waals surface area contributed by atoms with Crippen LogP contribution in [0.25, 0.3) is 0 Å². The maximum Gasteiger partial charge on any atom is 0.248 e. The number of carbonyl (C=O) groups excluding carboxylic acids is 2. The first kappa shape index (κ1) is 30.1. The number of nitrogens with one attached hydrogen (secondary N) is 1. The fraction of sp³-hybridized carbons (Fsp3) is 0.562. The molecule has 2 atom stereocenters. The van der Waals surface area contributed by atoms with Gasteiger partial charge in [-0.15, -0.1) is 0 Å². The number of amides is 1. The number of benzene rings is 2. The molecular formula is C32H41F3N2O3. The van der Waals surface area contributed by atoms with E-state index in [9.17, 15) is 22.8 Å². The van der Waals surface area contributed by atoms with Crippen LogP contribution in [0.1, 0.15) is 68.9 Å². The topological polar surface area (TPSA) is 58.6 Å². The lowest BCUT2D eigenvalue weighted by molar-refractivity contribution is -0.127. The summed E-state index contributed by atoms with van der Waals surface area (Å²) >= 11 is 0. The largest absolute Gasteiger partial charge is 0.489 e. The molecule has 0 bridgehead atoms. The van der Waals surface area contributed by atoms with Crippen LogP contribution in [0.2, 0.25) is 0 Å². The average Bonchev–Trinajstić information content (AvgIpc) is 3.35. The summed E-state index contributed by atoms with van der Waals surface area (Å²) in [5, 5.41) is 3.13. The van der Waals surface area contributed by atoms with E-state index in [4.69, 9.17) is 4.74 Å². The predicted octanol–water partition coefficient (Wildman–Crippen LogP) is 6.29. The highest BCUT2D eigenvalue weighted by Crippen LogP contribution is 2.37. The maximum absolute atomic E-state index is 13.8. The van der Waals surface area contributed by atoms with Crippen molar-refractivity contribution in [1.29, 1.82) is 0 Å². The monoisotopic (exact) mass is 558 g/mol. The minimum absolute atomic E-state index is 0.0415. The molecule has 1 N–H and O–H groups in total. The van der Waals surface area contributed by atoms with Crippen LogP contribution < -0.4 is 10.1 Å². The highest BCUT2D eigenvalue weighted by atomic mass is 19.3. The van der Waals surface area contributed by atoms with Gasteiger partial charge in [0.05, 0.1) is 0 Å². The molecule has 2 fully saturated rings. The molecule has 2 aliphatic rings. The molecule has 1 aliphatic carbocycles. The summed E-state index contributed by atoms with van der Waals surface area (Å²) in [5.41, 5.74) is 2.14. The molecule has 4 rings (SSSR count). The molecule has 1 amide bonds. The van der Waals surface area contributed by atoms with E-state index in [1.54, 1.807) is 0 Å². The first-order valence-corrected chi connectivity index (χ1v) is 14.6. The van der Waals surface area contributed by atoms with E-state index in [0.717, 1.165) is 16.9 Å². The van der Waals surface area contributed by atoms with E-state index in [0.29, 0.717) is 64.8 Å². The number of hydrogen-bond acceptors (Lipinski definition) is 4. The number of Topliss-reactive ketones (excluding diaryl/α,β-unsaturated/α-hetero) is 1. The molecule has 5 nitrogen and oxygen atoms in total. The van der Waals surface area contributed by atoms with Gasteiger partial charge in [0.15, 0.2) is 0 Å². The Bertz CT molecular complexity index is 1070. The molecule has 8 heteroatoms.